The van der Waals surface area contributed by atoms with E-state index in [1.165, 1.54) is 25.7 Å². The van der Waals surface area contributed by atoms with Gasteiger partial charge in [-0.1, -0.05) is 19.8 Å². The number of rotatable bonds is 7. The van der Waals surface area contributed by atoms with E-state index in [0.29, 0.717) is 19.6 Å². The van der Waals surface area contributed by atoms with Gasteiger partial charge in [0.25, 0.3) is 0 Å². The van der Waals surface area contributed by atoms with Gasteiger partial charge in [-0.2, -0.15) is 0 Å². The Hall–Kier alpha value is -0.610. The molecule has 0 saturated carbocycles. The third kappa shape index (κ3) is 4.77. The number of nitrogens with zero attached hydrogens (tertiary/aromatic N) is 1. The lowest BCUT2D eigenvalue weighted by Crippen LogP contribution is -2.53. The Kier molecular flexibility index (Phi) is 7.39. The highest BCUT2D eigenvalue weighted by molar-refractivity contribution is 5.71. The summed E-state index contributed by atoms with van der Waals surface area (Å²) in [4.78, 5) is 14.4. The average Bonchev–Trinajstić information content (AvgIpc) is 2.67. The molecule has 0 aromatic heterocycles. The molecule has 1 unspecified atom stereocenters. The zero-order valence-electron chi connectivity index (χ0n) is 12.7. The van der Waals surface area contributed by atoms with Crippen LogP contribution < -0.4 is 0 Å². The highest BCUT2D eigenvalue weighted by Gasteiger charge is 2.38. The van der Waals surface area contributed by atoms with Crippen molar-refractivity contribution in [3.63, 3.8) is 0 Å². The second kappa shape index (κ2) is 8.54. The van der Waals surface area contributed by atoms with Gasteiger partial charge in [0.1, 0.15) is 0 Å². The van der Waals surface area contributed by atoms with E-state index in [4.69, 9.17) is 9.47 Å². The van der Waals surface area contributed by atoms with Crippen LogP contribution in [-0.2, 0) is 14.3 Å². The van der Waals surface area contributed by atoms with Gasteiger partial charge < -0.3 is 9.47 Å². The number of ether oxygens (including phenoxy) is 2. The largest absolute Gasteiger partial charge is 0.466 e. The molecule has 1 aliphatic rings. The Balaban J connectivity index is 2.79. The smallest absolute Gasteiger partial charge is 0.307 e. The van der Waals surface area contributed by atoms with Crippen molar-refractivity contribution >= 4 is 5.97 Å². The van der Waals surface area contributed by atoms with Crippen LogP contribution in [0.4, 0.5) is 0 Å². The van der Waals surface area contributed by atoms with Crippen LogP contribution in [0.2, 0.25) is 0 Å². The maximum atomic E-state index is 11.9. The molecule has 4 nitrogen and oxygen atoms in total. The summed E-state index contributed by atoms with van der Waals surface area (Å²) in [5, 5.41) is 0. The fraction of sp³-hybridized carbons (Fsp3) is 0.933. The van der Waals surface area contributed by atoms with Gasteiger partial charge in [-0.15, -0.1) is 0 Å². The molecular formula is C15H29NO3. The van der Waals surface area contributed by atoms with Crippen molar-refractivity contribution in [2.24, 2.45) is 0 Å². The first kappa shape index (κ1) is 16.4. The van der Waals surface area contributed by atoms with Crippen LogP contribution in [0.5, 0.6) is 0 Å². The molecule has 0 N–H and O–H groups in total. The third-order valence-electron chi connectivity index (χ3n) is 4.13. The molecule has 1 atom stereocenters. The van der Waals surface area contributed by atoms with Gasteiger partial charge >= 0.3 is 5.97 Å². The van der Waals surface area contributed by atoms with E-state index in [0.717, 1.165) is 19.5 Å². The van der Waals surface area contributed by atoms with E-state index in [1.807, 2.05) is 6.92 Å². The number of likely N-dealkylation sites (tertiary alicyclic amines) is 1. The van der Waals surface area contributed by atoms with Crippen LogP contribution in [0.25, 0.3) is 0 Å². The summed E-state index contributed by atoms with van der Waals surface area (Å²) in [6.07, 6.45) is 6.37. The molecule has 0 spiro atoms. The van der Waals surface area contributed by atoms with Gasteiger partial charge in [0.2, 0.25) is 0 Å². The maximum absolute atomic E-state index is 11.9. The minimum Gasteiger partial charge on any atom is -0.466 e. The van der Waals surface area contributed by atoms with Gasteiger partial charge in [-0.25, -0.2) is 0 Å². The van der Waals surface area contributed by atoms with Crippen molar-refractivity contribution in [1.82, 2.24) is 4.90 Å². The number of hydrogen-bond acceptors (Lipinski definition) is 4. The molecule has 0 bridgehead atoms. The zero-order valence-corrected chi connectivity index (χ0v) is 12.7. The van der Waals surface area contributed by atoms with Gasteiger partial charge in [-0.3, -0.25) is 9.69 Å². The summed E-state index contributed by atoms with van der Waals surface area (Å²) in [6.45, 7) is 7.18. The van der Waals surface area contributed by atoms with Crippen LogP contribution in [-0.4, -0.2) is 49.8 Å². The quantitative estimate of drug-likeness (QED) is 0.667. The van der Waals surface area contributed by atoms with Crippen LogP contribution in [0.3, 0.4) is 0 Å². The molecule has 0 aromatic rings. The van der Waals surface area contributed by atoms with E-state index in [9.17, 15) is 4.79 Å². The number of methoxy groups -OCH3 is 1. The molecule has 1 rings (SSSR count). The molecule has 19 heavy (non-hydrogen) atoms. The lowest BCUT2D eigenvalue weighted by molar-refractivity contribution is -0.148. The molecule has 0 aliphatic carbocycles. The lowest BCUT2D eigenvalue weighted by atomic mass is 9.90. The molecule has 1 heterocycles. The van der Waals surface area contributed by atoms with E-state index in [1.54, 1.807) is 7.11 Å². The second-order valence-corrected chi connectivity index (χ2v) is 5.39. The average molecular weight is 271 g/mol. The zero-order chi connectivity index (χ0) is 14.1. The Morgan fingerprint density at radius 1 is 1.16 bits per heavy atom. The lowest BCUT2D eigenvalue weighted by Gasteiger charge is -2.42. The standard InChI is InChI=1S/C15H29NO3/c1-4-15(13-18-3,12-14(17)19-5-2)16-10-8-6-7-9-11-16/h4-13H2,1-3H3. The predicted octanol–water partition coefficient (Wildman–Crippen LogP) is 2.61. The summed E-state index contributed by atoms with van der Waals surface area (Å²) < 4.78 is 10.6. The topological polar surface area (TPSA) is 38.8 Å². The van der Waals surface area contributed by atoms with Gasteiger partial charge in [0, 0.05) is 7.11 Å². The molecular weight excluding hydrogens is 242 g/mol. The molecule has 0 aromatic carbocycles. The monoisotopic (exact) mass is 271 g/mol. The van der Waals surface area contributed by atoms with Crippen molar-refractivity contribution < 1.29 is 14.3 Å². The molecule has 112 valence electrons. The molecule has 0 radical (unpaired) electrons. The van der Waals surface area contributed by atoms with Gasteiger partial charge in [0.15, 0.2) is 0 Å². The summed E-state index contributed by atoms with van der Waals surface area (Å²) in [6, 6.07) is 0. The Morgan fingerprint density at radius 3 is 2.26 bits per heavy atom. The third-order valence-corrected chi connectivity index (χ3v) is 4.13. The minimum atomic E-state index is -0.189. The van der Waals surface area contributed by atoms with Gasteiger partial charge in [-0.05, 0) is 39.3 Å². The van der Waals surface area contributed by atoms with Gasteiger partial charge in [0.05, 0.1) is 25.2 Å². The first-order chi connectivity index (χ1) is 9.18. The first-order valence-corrected chi connectivity index (χ1v) is 7.58. The summed E-state index contributed by atoms with van der Waals surface area (Å²) in [5.74, 6) is -0.106. The normalized spacial score (nSPS) is 20.6. The summed E-state index contributed by atoms with van der Waals surface area (Å²) >= 11 is 0. The van der Waals surface area contributed by atoms with Crippen molar-refractivity contribution in [1.29, 1.82) is 0 Å². The van der Waals surface area contributed by atoms with Crippen molar-refractivity contribution in [2.45, 2.75) is 57.9 Å². The number of esters is 1. The fourth-order valence-electron chi connectivity index (χ4n) is 3.00. The molecule has 4 heteroatoms. The van der Waals surface area contributed by atoms with Crippen LogP contribution in [0.1, 0.15) is 52.4 Å². The highest BCUT2D eigenvalue weighted by Crippen LogP contribution is 2.28. The molecule has 1 saturated heterocycles. The van der Waals surface area contributed by atoms with Crippen molar-refractivity contribution in [2.75, 3.05) is 33.4 Å². The number of carbonyl (C=O) groups is 1. The highest BCUT2D eigenvalue weighted by atomic mass is 16.5. The fourth-order valence-corrected chi connectivity index (χ4v) is 3.00. The van der Waals surface area contributed by atoms with E-state index in [2.05, 4.69) is 11.8 Å². The Bertz CT molecular complexity index is 262. The second-order valence-electron chi connectivity index (χ2n) is 5.39. The maximum Gasteiger partial charge on any atom is 0.307 e. The van der Waals surface area contributed by atoms with E-state index < -0.39 is 0 Å². The van der Waals surface area contributed by atoms with E-state index in [-0.39, 0.29) is 11.5 Å². The first-order valence-electron chi connectivity index (χ1n) is 7.58. The number of hydrogen-bond donors (Lipinski definition) is 0. The van der Waals surface area contributed by atoms with Crippen LogP contribution in [0, 0.1) is 0 Å². The van der Waals surface area contributed by atoms with Crippen LogP contribution in [0.15, 0.2) is 0 Å². The molecule has 1 aliphatic heterocycles. The van der Waals surface area contributed by atoms with Crippen LogP contribution >= 0.6 is 0 Å². The SMILES string of the molecule is CCOC(=O)CC(CC)(COC)N1CCCCCC1. The molecule has 0 amide bonds. The van der Waals surface area contributed by atoms with Crippen molar-refractivity contribution in [3.05, 3.63) is 0 Å². The molecule has 1 fully saturated rings. The van der Waals surface area contributed by atoms with Crippen molar-refractivity contribution in [3.8, 4) is 0 Å². The minimum absolute atomic E-state index is 0.106. The Labute approximate surface area is 117 Å². The number of carbonyl (C=O) groups excluding carboxylic acids is 1. The summed E-state index contributed by atoms with van der Waals surface area (Å²) in [7, 11) is 1.72. The van der Waals surface area contributed by atoms with E-state index >= 15 is 0 Å². The Morgan fingerprint density at radius 2 is 1.79 bits per heavy atom. The predicted molar refractivity (Wildman–Crippen MR) is 76.2 cm³/mol. The summed E-state index contributed by atoms with van der Waals surface area (Å²) in [5.41, 5.74) is -0.189.